The van der Waals surface area contributed by atoms with Gasteiger partial charge in [-0.05, 0) is 25.8 Å². The second kappa shape index (κ2) is 7.21. The minimum absolute atomic E-state index is 0.00434. The molecule has 98 valence electrons. The highest BCUT2D eigenvalue weighted by atomic mass is 32.2. The summed E-state index contributed by atoms with van der Waals surface area (Å²) in [5.41, 5.74) is -0.0818. The van der Waals surface area contributed by atoms with Gasteiger partial charge in [-0.3, -0.25) is 0 Å². The summed E-state index contributed by atoms with van der Waals surface area (Å²) in [7, 11) is -3.35. The molecule has 0 aromatic carbocycles. The van der Waals surface area contributed by atoms with Crippen LogP contribution >= 0.6 is 0 Å². The topological polar surface area (TPSA) is 92.4 Å². The number of sulfonamides is 1. The molecule has 4 N–H and O–H groups in total. The molecule has 0 spiro atoms. The fourth-order valence-electron chi connectivity index (χ4n) is 1.53. The summed E-state index contributed by atoms with van der Waals surface area (Å²) in [4.78, 5) is 0. The summed E-state index contributed by atoms with van der Waals surface area (Å²) in [5.74, 6) is 0.00434. The van der Waals surface area contributed by atoms with Crippen molar-refractivity contribution in [3.05, 3.63) is 0 Å². The Morgan fingerprint density at radius 3 is 2.25 bits per heavy atom. The maximum Gasteiger partial charge on any atom is 0.209 e. The van der Waals surface area contributed by atoms with Crippen LogP contribution in [0, 0.1) is 5.41 Å². The number of aliphatic hydroxyl groups excluding tert-OH is 1. The second-order valence-electron chi connectivity index (χ2n) is 4.26. The normalized spacial score (nSPS) is 13.0. The van der Waals surface area contributed by atoms with Crippen molar-refractivity contribution in [1.29, 1.82) is 0 Å². The molecular weight excluding hydrogens is 228 g/mol. The molecule has 0 rings (SSSR count). The SMILES string of the molecule is CCC(CC)(CO)CNCCCS(N)(=O)=O. The van der Waals surface area contributed by atoms with Crippen molar-refractivity contribution in [3.8, 4) is 0 Å². The number of primary sulfonamides is 1. The molecule has 0 fully saturated rings. The van der Waals surface area contributed by atoms with Crippen molar-refractivity contribution in [3.63, 3.8) is 0 Å². The van der Waals surface area contributed by atoms with Crippen LogP contribution in [-0.2, 0) is 10.0 Å². The van der Waals surface area contributed by atoms with Gasteiger partial charge in [0, 0.05) is 18.6 Å². The molecule has 0 aliphatic heterocycles. The van der Waals surface area contributed by atoms with Gasteiger partial charge in [0.05, 0.1) is 5.75 Å². The summed E-state index contributed by atoms with van der Waals surface area (Å²) in [6.45, 7) is 5.57. The number of hydrogen-bond donors (Lipinski definition) is 3. The minimum atomic E-state index is -3.35. The molecule has 0 unspecified atom stereocenters. The van der Waals surface area contributed by atoms with Gasteiger partial charge in [0.25, 0.3) is 0 Å². The van der Waals surface area contributed by atoms with Crippen molar-refractivity contribution < 1.29 is 13.5 Å². The molecule has 0 aromatic heterocycles. The lowest BCUT2D eigenvalue weighted by Crippen LogP contribution is -2.37. The number of hydrogen-bond acceptors (Lipinski definition) is 4. The molecule has 0 bridgehead atoms. The summed E-state index contributed by atoms with van der Waals surface area (Å²) in [6, 6.07) is 0. The predicted octanol–water partition coefficient (Wildman–Crippen LogP) is 0.0533. The zero-order valence-electron chi connectivity index (χ0n) is 10.2. The highest BCUT2D eigenvalue weighted by Gasteiger charge is 2.24. The zero-order valence-corrected chi connectivity index (χ0v) is 11.0. The van der Waals surface area contributed by atoms with Crippen LogP contribution in [-0.4, -0.2) is 39.0 Å². The Hall–Kier alpha value is -0.170. The molecule has 0 saturated heterocycles. The molecule has 0 atom stereocenters. The largest absolute Gasteiger partial charge is 0.396 e. The van der Waals surface area contributed by atoms with Gasteiger partial charge in [0.1, 0.15) is 0 Å². The summed E-state index contributed by atoms with van der Waals surface area (Å²) < 4.78 is 21.3. The van der Waals surface area contributed by atoms with E-state index in [4.69, 9.17) is 5.14 Å². The highest BCUT2D eigenvalue weighted by molar-refractivity contribution is 7.89. The van der Waals surface area contributed by atoms with Crippen LogP contribution in [0.15, 0.2) is 0 Å². The van der Waals surface area contributed by atoms with Crippen LogP contribution in [0.25, 0.3) is 0 Å². The van der Waals surface area contributed by atoms with E-state index in [9.17, 15) is 13.5 Å². The zero-order chi connectivity index (χ0) is 12.7. The van der Waals surface area contributed by atoms with E-state index in [1.807, 2.05) is 13.8 Å². The van der Waals surface area contributed by atoms with Crippen molar-refractivity contribution in [2.45, 2.75) is 33.1 Å². The molecule has 0 aliphatic rings. The van der Waals surface area contributed by atoms with Gasteiger partial charge < -0.3 is 10.4 Å². The van der Waals surface area contributed by atoms with Gasteiger partial charge in [-0.2, -0.15) is 0 Å². The predicted molar refractivity (Wildman–Crippen MR) is 65.6 cm³/mol. The van der Waals surface area contributed by atoms with E-state index in [2.05, 4.69) is 5.32 Å². The standard InChI is InChI=1S/C10H24N2O3S/c1-3-10(4-2,9-13)8-12-6-5-7-16(11,14)15/h12-13H,3-9H2,1-2H3,(H2,11,14,15). The first-order valence-electron chi connectivity index (χ1n) is 5.71. The van der Waals surface area contributed by atoms with Gasteiger partial charge >= 0.3 is 0 Å². The summed E-state index contributed by atoms with van der Waals surface area (Å²) in [6.07, 6.45) is 2.32. The second-order valence-corrected chi connectivity index (χ2v) is 6.00. The lowest BCUT2D eigenvalue weighted by Gasteiger charge is -2.29. The van der Waals surface area contributed by atoms with Gasteiger partial charge in [-0.25, -0.2) is 13.6 Å². The summed E-state index contributed by atoms with van der Waals surface area (Å²) >= 11 is 0. The van der Waals surface area contributed by atoms with E-state index in [1.54, 1.807) is 0 Å². The highest BCUT2D eigenvalue weighted by Crippen LogP contribution is 2.24. The van der Waals surface area contributed by atoms with E-state index in [1.165, 1.54) is 0 Å². The number of rotatable bonds is 9. The number of aliphatic hydroxyl groups is 1. The van der Waals surface area contributed by atoms with Gasteiger partial charge in [-0.1, -0.05) is 13.8 Å². The first-order chi connectivity index (χ1) is 7.39. The maximum absolute atomic E-state index is 10.7. The van der Waals surface area contributed by atoms with Crippen LogP contribution in [0.1, 0.15) is 33.1 Å². The molecule has 16 heavy (non-hydrogen) atoms. The first kappa shape index (κ1) is 15.8. The minimum Gasteiger partial charge on any atom is -0.396 e. The van der Waals surface area contributed by atoms with E-state index < -0.39 is 10.0 Å². The van der Waals surface area contributed by atoms with Crippen molar-refractivity contribution in [1.82, 2.24) is 5.32 Å². The molecule has 0 saturated carbocycles. The lowest BCUT2D eigenvalue weighted by atomic mass is 9.83. The molecule has 0 amide bonds. The van der Waals surface area contributed by atoms with Crippen LogP contribution in [0.3, 0.4) is 0 Å². The fourth-order valence-corrected chi connectivity index (χ4v) is 2.08. The van der Waals surface area contributed by atoms with Crippen LogP contribution < -0.4 is 10.5 Å². The maximum atomic E-state index is 10.7. The molecule has 5 nitrogen and oxygen atoms in total. The third kappa shape index (κ3) is 6.42. The van der Waals surface area contributed by atoms with E-state index >= 15 is 0 Å². The van der Waals surface area contributed by atoms with Crippen molar-refractivity contribution in [2.24, 2.45) is 10.6 Å². The van der Waals surface area contributed by atoms with Gasteiger partial charge in [-0.15, -0.1) is 0 Å². The molecule has 0 aliphatic carbocycles. The van der Waals surface area contributed by atoms with Crippen molar-refractivity contribution >= 4 is 10.0 Å². The van der Waals surface area contributed by atoms with Gasteiger partial charge in [0.15, 0.2) is 0 Å². The Morgan fingerprint density at radius 1 is 1.31 bits per heavy atom. The summed E-state index contributed by atoms with van der Waals surface area (Å²) in [5, 5.41) is 17.4. The third-order valence-electron chi connectivity index (χ3n) is 3.12. The van der Waals surface area contributed by atoms with E-state index in [0.29, 0.717) is 19.5 Å². The number of nitrogens with one attached hydrogen (secondary N) is 1. The Bertz CT molecular complexity index is 266. The first-order valence-corrected chi connectivity index (χ1v) is 7.42. The lowest BCUT2D eigenvalue weighted by molar-refractivity contribution is 0.113. The molecule has 0 heterocycles. The third-order valence-corrected chi connectivity index (χ3v) is 3.98. The average Bonchev–Trinajstić information content (AvgIpc) is 2.23. The molecule has 6 heteroatoms. The Morgan fingerprint density at radius 2 is 1.88 bits per heavy atom. The van der Waals surface area contributed by atoms with E-state index in [-0.39, 0.29) is 17.8 Å². The Balaban J connectivity index is 3.80. The van der Waals surface area contributed by atoms with Crippen LogP contribution in [0.5, 0.6) is 0 Å². The van der Waals surface area contributed by atoms with Crippen LogP contribution in [0.2, 0.25) is 0 Å². The Kier molecular flexibility index (Phi) is 7.14. The smallest absolute Gasteiger partial charge is 0.209 e. The average molecular weight is 252 g/mol. The van der Waals surface area contributed by atoms with E-state index in [0.717, 1.165) is 12.8 Å². The quantitative estimate of drug-likeness (QED) is 0.506. The molecular formula is C10H24N2O3S. The molecule has 0 radical (unpaired) electrons. The van der Waals surface area contributed by atoms with Gasteiger partial charge in [0.2, 0.25) is 10.0 Å². The number of nitrogens with two attached hydrogens (primary N) is 1. The van der Waals surface area contributed by atoms with Crippen molar-refractivity contribution in [2.75, 3.05) is 25.4 Å². The van der Waals surface area contributed by atoms with Crippen LogP contribution in [0.4, 0.5) is 0 Å². The molecule has 0 aromatic rings. The monoisotopic (exact) mass is 252 g/mol. The fraction of sp³-hybridized carbons (Fsp3) is 1.00. The Labute approximate surface area is 98.5 Å².